The van der Waals surface area contributed by atoms with Gasteiger partial charge in [0.05, 0.1) is 6.61 Å². The van der Waals surface area contributed by atoms with Crippen molar-refractivity contribution >= 4 is 17.8 Å². The fourth-order valence-electron chi connectivity index (χ4n) is 6.83. The normalized spacial score (nSPS) is 27.9. The van der Waals surface area contributed by atoms with Gasteiger partial charge in [0.25, 0.3) is 0 Å². The molecule has 4 heterocycles. The lowest BCUT2D eigenvalue weighted by atomic mass is 9.73. The van der Waals surface area contributed by atoms with E-state index in [4.69, 9.17) is 4.74 Å². The van der Waals surface area contributed by atoms with Crippen LogP contribution in [-0.4, -0.2) is 72.3 Å². The summed E-state index contributed by atoms with van der Waals surface area (Å²) in [5.74, 6) is -0.241. The zero-order valence-electron chi connectivity index (χ0n) is 20.6. The molecule has 2 atom stereocenters. The molecule has 1 N–H and O–H groups in total. The number of hydrogen-bond acceptors (Lipinski definition) is 4. The summed E-state index contributed by atoms with van der Waals surface area (Å²) in [4.78, 5) is 31.7. The highest BCUT2D eigenvalue weighted by molar-refractivity contribution is 5.95. The minimum Gasteiger partial charge on any atom is -0.450 e. The van der Waals surface area contributed by atoms with E-state index in [1.54, 1.807) is 12.1 Å². The van der Waals surface area contributed by atoms with Crippen LogP contribution in [-0.2, 0) is 10.2 Å². The number of halogens is 1. The Labute approximate surface area is 201 Å². The average molecular weight is 473 g/mol. The lowest BCUT2D eigenvalue weighted by Crippen LogP contribution is -2.56. The Kier molecular flexibility index (Phi) is 6.21. The first-order valence-corrected chi connectivity index (χ1v) is 12.9. The molecule has 186 valence electrons. The highest BCUT2D eigenvalue weighted by Crippen LogP contribution is 2.48. The molecule has 1 aromatic carbocycles. The van der Waals surface area contributed by atoms with Gasteiger partial charge in [0, 0.05) is 41.8 Å². The van der Waals surface area contributed by atoms with Crippen molar-refractivity contribution in [2.75, 3.05) is 31.1 Å². The molecule has 0 aromatic heterocycles. The number of ether oxygens (including phenoxy) is 1. The first-order valence-electron chi connectivity index (χ1n) is 12.9. The van der Waals surface area contributed by atoms with Crippen LogP contribution in [0.1, 0.15) is 64.9 Å². The maximum Gasteiger partial charge on any atom is 0.410 e. The quantitative estimate of drug-likeness (QED) is 0.714. The van der Waals surface area contributed by atoms with E-state index in [9.17, 15) is 14.0 Å². The predicted octanol–water partition coefficient (Wildman–Crippen LogP) is 4.25. The Morgan fingerprint density at radius 3 is 2.44 bits per heavy atom. The minimum atomic E-state index is -0.241. The fraction of sp³-hybridized carbons (Fsp3) is 0.692. The first kappa shape index (κ1) is 23.4. The summed E-state index contributed by atoms with van der Waals surface area (Å²) in [6.07, 6.45) is 5.77. The van der Waals surface area contributed by atoms with E-state index in [0.717, 1.165) is 62.9 Å². The van der Waals surface area contributed by atoms with E-state index in [1.807, 2.05) is 30.6 Å². The van der Waals surface area contributed by atoms with Crippen LogP contribution in [0.2, 0.25) is 0 Å². The number of fused-ring (bicyclic) bond motifs is 4. The smallest absolute Gasteiger partial charge is 0.410 e. The Hall–Kier alpha value is -2.35. The molecule has 8 heteroatoms. The van der Waals surface area contributed by atoms with Crippen LogP contribution in [0.4, 0.5) is 19.7 Å². The number of anilines is 1. The van der Waals surface area contributed by atoms with Crippen molar-refractivity contribution < 1.29 is 18.7 Å². The first-order chi connectivity index (χ1) is 16.3. The van der Waals surface area contributed by atoms with Crippen molar-refractivity contribution in [3.63, 3.8) is 0 Å². The number of hydrogen-bond donors (Lipinski definition) is 1. The van der Waals surface area contributed by atoms with Crippen molar-refractivity contribution in [1.82, 2.24) is 15.1 Å². The summed E-state index contributed by atoms with van der Waals surface area (Å²) in [6.45, 7) is 8.64. The van der Waals surface area contributed by atoms with Gasteiger partial charge in [-0.3, -0.25) is 4.90 Å². The van der Waals surface area contributed by atoms with Crippen LogP contribution >= 0.6 is 0 Å². The van der Waals surface area contributed by atoms with E-state index in [1.165, 1.54) is 6.07 Å². The van der Waals surface area contributed by atoms with Gasteiger partial charge >= 0.3 is 12.1 Å². The fourth-order valence-corrected chi connectivity index (χ4v) is 6.83. The van der Waals surface area contributed by atoms with Gasteiger partial charge < -0.3 is 19.9 Å². The number of carbonyl (C=O) groups excluding carboxylic acids is 2. The number of carbonyl (C=O) groups is 2. The molecular weight excluding hydrogens is 435 g/mol. The monoisotopic (exact) mass is 472 g/mol. The summed E-state index contributed by atoms with van der Waals surface area (Å²) in [5.41, 5.74) is 1.62. The molecule has 3 saturated heterocycles. The number of rotatable bonds is 3. The Morgan fingerprint density at radius 2 is 1.82 bits per heavy atom. The van der Waals surface area contributed by atoms with Crippen LogP contribution < -0.4 is 10.2 Å². The standard InChI is InChI=1S/C26H37FN4O3/c1-4-34-25(33)31-19-6-7-20(31)15-21(14-19)29-11-9-26(10-12-29)16-30(24(32)28-17(2)3)23-8-5-18(27)13-22(23)26/h5,8,13,17,19-21H,4,6-7,9-12,14-16H2,1-3H3,(H,28,32). The van der Waals surface area contributed by atoms with E-state index >= 15 is 0 Å². The third kappa shape index (κ3) is 4.04. The summed E-state index contributed by atoms with van der Waals surface area (Å²) in [7, 11) is 0. The molecule has 3 fully saturated rings. The lowest BCUT2D eigenvalue weighted by molar-refractivity contribution is 0.0282. The van der Waals surface area contributed by atoms with Crippen LogP contribution in [0.25, 0.3) is 0 Å². The number of piperidine rings is 2. The van der Waals surface area contributed by atoms with Gasteiger partial charge in [-0.1, -0.05) is 0 Å². The second kappa shape index (κ2) is 9.02. The topological polar surface area (TPSA) is 65.1 Å². The highest BCUT2D eigenvalue weighted by Gasteiger charge is 2.50. The lowest BCUT2D eigenvalue weighted by Gasteiger charge is -2.47. The van der Waals surface area contributed by atoms with Crippen molar-refractivity contribution in [2.24, 2.45) is 0 Å². The largest absolute Gasteiger partial charge is 0.450 e. The third-order valence-corrected chi connectivity index (χ3v) is 8.40. The van der Waals surface area contributed by atoms with Crippen molar-refractivity contribution in [3.8, 4) is 0 Å². The Bertz CT molecular complexity index is 932. The predicted molar refractivity (Wildman–Crippen MR) is 129 cm³/mol. The SMILES string of the molecule is CCOC(=O)N1C2CCC1CC(N1CCC3(CC1)CN(C(=O)NC(C)C)c1ccc(F)cc13)C2. The average Bonchev–Trinajstić information content (AvgIpc) is 3.25. The molecule has 7 nitrogen and oxygen atoms in total. The molecule has 0 radical (unpaired) electrons. The molecule has 5 rings (SSSR count). The summed E-state index contributed by atoms with van der Waals surface area (Å²) in [6, 6.07) is 5.81. The molecule has 4 aliphatic rings. The molecule has 2 unspecified atom stereocenters. The molecule has 4 aliphatic heterocycles. The molecular formula is C26H37FN4O3. The van der Waals surface area contributed by atoms with Gasteiger partial charge in [-0.2, -0.15) is 0 Å². The molecule has 0 aliphatic carbocycles. The second-order valence-corrected chi connectivity index (χ2v) is 10.8. The zero-order valence-corrected chi connectivity index (χ0v) is 20.6. The number of benzene rings is 1. The maximum atomic E-state index is 14.3. The third-order valence-electron chi connectivity index (χ3n) is 8.40. The summed E-state index contributed by atoms with van der Waals surface area (Å²) >= 11 is 0. The van der Waals surface area contributed by atoms with Gasteiger partial charge in [-0.25, -0.2) is 14.0 Å². The zero-order chi connectivity index (χ0) is 24.0. The Morgan fingerprint density at radius 1 is 1.15 bits per heavy atom. The summed E-state index contributed by atoms with van der Waals surface area (Å²) < 4.78 is 19.6. The van der Waals surface area contributed by atoms with E-state index in [2.05, 4.69) is 10.2 Å². The maximum absolute atomic E-state index is 14.3. The minimum absolute atomic E-state index is 0.0469. The van der Waals surface area contributed by atoms with Crippen molar-refractivity contribution in [3.05, 3.63) is 29.6 Å². The Balaban J connectivity index is 1.28. The van der Waals surface area contributed by atoms with Gasteiger partial charge in [0.15, 0.2) is 0 Å². The van der Waals surface area contributed by atoms with Gasteiger partial charge in [0.1, 0.15) is 5.82 Å². The second-order valence-electron chi connectivity index (χ2n) is 10.8. The van der Waals surface area contributed by atoms with Crippen LogP contribution in [0, 0.1) is 5.82 Å². The number of urea groups is 1. The van der Waals surface area contributed by atoms with Crippen molar-refractivity contribution in [1.29, 1.82) is 0 Å². The molecule has 0 saturated carbocycles. The van der Waals surface area contributed by atoms with Crippen LogP contribution in [0.15, 0.2) is 18.2 Å². The van der Waals surface area contributed by atoms with E-state index < -0.39 is 0 Å². The molecule has 34 heavy (non-hydrogen) atoms. The molecule has 1 spiro atoms. The van der Waals surface area contributed by atoms with Gasteiger partial charge in [-0.05, 0) is 96.1 Å². The van der Waals surface area contributed by atoms with Gasteiger partial charge in [0.2, 0.25) is 0 Å². The molecule has 3 amide bonds. The number of likely N-dealkylation sites (tertiary alicyclic amines) is 1. The van der Waals surface area contributed by atoms with Crippen LogP contribution in [0.5, 0.6) is 0 Å². The number of nitrogens with one attached hydrogen (secondary N) is 1. The van der Waals surface area contributed by atoms with Crippen molar-refractivity contribution in [2.45, 2.75) is 88.9 Å². The van der Waals surface area contributed by atoms with E-state index in [-0.39, 0.29) is 41.5 Å². The van der Waals surface area contributed by atoms with E-state index in [0.29, 0.717) is 19.2 Å². The van der Waals surface area contributed by atoms with Crippen LogP contribution in [0.3, 0.4) is 0 Å². The molecule has 2 bridgehead atoms. The summed E-state index contributed by atoms with van der Waals surface area (Å²) in [5, 5.41) is 3.00. The number of amides is 3. The number of nitrogens with zero attached hydrogens (tertiary/aromatic N) is 3. The van der Waals surface area contributed by atoms with Gasteiger partial charge in [-0.15, -0.1) is 0 Å². The highest BCUT2D eigenvalue weighted by atomic mass is 19.1. The molecule has 1 aromatic rings.